The van der Waals surface area contributed by atoms with Gasteiger partial charge in [-0.1, -0.05) is 6.42 Å². The highest BCUT2D eigenvalue weighted by molar-refractivity contribution is 6.44. The molecule has 16 heavy (non-hydrogen) atoms. The summed E-state index contributed by atoms with van der Waals surface area (Å²) >= 11 is 0. The van der Waals surface area contributed by atoms with E-state index in [0.717, 1.165) is 25.4 Å². The van der Waals surface area contributed by atoms with Crippen molar-refractivity contribution in [1.82, 2.24) is 0 Å². The number of hydrogen-bond donors (Lipinski definition) is 1. The lowest BCUT2D eigenvalue weighted by Gasteiger charge is -2.16. The van der Waals surface area contributed by atoms with Crippen LogP contribution in [0.5, 0.6) is 0 Å². The van der Waals surface area contributed by atoms with Gasteiger partial charge in [-0.2, -0.15) is 0 Å². The van der Waals surface area contributed by atoms with Crippen molar-refractivity contribution in [2.24, 2.45) is 5.73 Å². The van der Waals surface area contributed by atoms with Crippen molar-refractivity contribution in [2.75, 3.05) is 47.2 Å². The second-order valence-electron chi connectivity index (χ2n) is 3.44. The topological polar surface area (TPSA) is 62.9 Å². The predicted molar refractivity (Wildman–Crippen MR) is 65.9 cm³/mol. The van der Waals surface area contributed by atoms with Gasteiger partial charge in [0.2, 0.25) is 0 Å². The van der Waals surface area contributed by atoms with Crippen LogP contribution in [0.3, 0.4) is 0 Å². The summed E-state index contributed by atoms with van der Waals surface area (Å²) in [5, 5.41) is 0. The van der Waals surface area contributed by atoms with Gasteiger partial charge in [0.1, 0.15) is 0 Å². The van der Waals surface area contributed by atoms with Crippen LogP contribution < -0.4 is 5.73 Å². The number of hydrogen-bond acceptors (Lipinski definition) is 5. The van der Waals surface area contributed by atoms with E-state index in [4.69, 9.17) is 24.1 Å². The molecule has 2 N–H and O–H groups in total. The molecule has 0 aromatic carbocycles. The molecule has 0 rings (SSSR count). The zero-order valence-electron chi connectivity index (χ0n) is 10.4. The molecule has 0 aliphatic heterocycles. The van der Waals surface area contributed by atoms with Crippen molar-refractivity contribution >= 4 is 9.28 Å². The Morgan fingerprint density at radius 1 is 0.875 bits per heavy atom. The Kier molecular flexibility index (Phi) is 13.1. The Morgan fingerprint density at radius 2 is 1.44 bits per heavy atom. The summed E-state index contributed by atoms with van der Waals surface area (Å²) in [4.78, 5) is 0. The minimum Gasteiger partial charge on any atom is -0.394 e. The first-order valence-corrected chi connectivity index (χ1v) is 7.52. The molecule has 0 spiro atoms. The van der Waals surface area contributed by atoms with Crippen LogP contribution in [0.1, 0.15) is 12.8 Å². The van der Waals surface area contributed by atoms with Gasteiger partial charge in [-0.15, -0.1) is 0 Å². The second-order valence-corrected chi connectivity index (χ2v) is 5.54. The highest BCUT2D eigenvalue weighted by Gasteiger charge is 2.12. The lowest BCUT2D eigenvalue weighted by molar-refractivity contribution is 0.0993. The highest BCUT2D eigenvalue weighted by atomic mass is 28.3. The van der Waals surface area contributed by atoms with Gasteiger partial charge in [-0.05, 0) is 19.0 Å². The van der Waals surface area contributed by atoms with E-state index in [0.29, 0.717) is 26.4 Å². The van der Waals surface area contributed by atoms with Gasteiger partial charge in [0, 0.05) is 14.2 Å². The van der Waals surface area contributed by atoms with E-state index in [1.165, 1.54) is 0 Å². The third-order valence-corrected chi connectivity index (χ3v) is 4.17. The Hall–Kier alpha value is 0.0169. The van der Waals surface area contributed by atoms with Gasteiger partial charge >= 0.3 is 9.28 Å². The maximum atomic E-state index is 5.67. The molecule has 0 heterocycles. The van der Waals surface area contributed by atoms with Gasteiger partial charge < -0.3 is 24.1 Å². The van der Waals surface area contributed by atoms with E-state index in [-0.39, 0.29) is 0 Å². The van der Waals surface area contributed by atoms with Crippen molar-refractivity contribution in [3.63, 3.8) is 0 Å². The van der Waals surface area contributed by atoms with Crippen LogP contribution in [0.25, 0.3) is 0 Å². The zero-order chi connectivity index (χ0) is 12.1. The second kappa shape index (κ2) is 13.1. The van der Waals surface area contributed by atoms with Gasteiger partial charge in [-0.25, -0.2) is 0 Å². The predicted octanol–water partition coefficient (Wildman–Crippen LogP) is 0.272. The summed E-state index contributed by atoms with van der Waals surface area (Å²) in [5.74, 6) is 0. The molecule has 0 fully saturated rings. The van der Waals surface area contributed by atoms with Crippen LogP contribution in [-0.2, 0) is 18.3 Å². The first-order valence-electron chi connectivity index (χ1n) is 5.76. The van der Waals surface area contributed by atoms with Crippen LogP contribution >= 0.6 is 0 Å². The van der Waals surface area contributed by atoms with Crippen molar-refractivity contribution in [2.45, 2.75) is 18.9 Å². The molecule has 0 bridgehead atoms. The van der Waals surface area contributed by atoms with Crippen LogP contribution in [0.15, 0.2) is 0 Å². The van der Waals surface area contributed by atoms with Gasteiger partial charge in [-0.3, -0.25) is 0 Å². The molecule has 0 saturated heterocycles. The van der Waals surface area contributed by atoms with Crippen molar-refractivity contribution < 1.29 is 18.3 Å². The standard InChI is InChI=1S/C10H25NO4Si/c1-12-6-8-14-16(10-4-3-5-11)15-9-7-13-2/h16H,3-11H2,1-2H3. The molecule has 0 aromatic rings. The molecule has 0 unspecified atom stereocenters. The van der Waals surface area contributed by atoms with E-state index >= 15 is 0 Å². The molecule has 5 nitrogen and oxygen atoms in total. The van der Waals surface area contributed by atoms with E-state index in [1.54, 1.807) is 14.2 Å². The number of ether oxygens (including phenoxy) is 2. The lowest BCUT2D eigenvalue weighted by Crippen LogP contribution is -2.26. The van der Waals surface area contributed by atoms with Gasteiger partial charge in [0.05, 0.1) is 26.4 Å². The fourth-order valence-corrected chi connectivity index (χ4v) is 2.97. The highest BCUT2D eigenvalue weighted by Crippen LogP contribution is 2.04. The third kappa shape index (κ3) is 10.5. The zero-order valence-corrected chi connectivity index (χ0v) is 11.6. The van der Waals surface area contributed by atoms with E-state index in [9.17, 15) is 0 Å². The van der Waals surface area contributed by atoms with Gasteiger partial charge in [0.25, 0.3) is 0 Å². The maximum Gasteiger partial charge on any atom is 0.321 e. The summed E-state index contributed by atoms with van der Waals surface area (Å²) in [6.07, 6.45) is 2.11. The van der Waals surface area contributed by atoms with Crippen molar-refractivity contribution in [1.29, 1.82) is 0 Å². The molecule has 0 radical (unpaired) electrons. The Labute approximate surface area is 100 Å². The van der Waals surface area contributed by atoms with E-state index < -0.39 is 9.28 Å². The molecule has 6 heteroatoms. The molecular formula is C10H25NO4Si. The number of methoxy groups -OCH3 is 2. The largest absolute Gasteiger partial charge is 0.394 e. The lowest BCUT2D eigenvalue weighted by atomic mass is 10.3. The smallest absolute Gasteiger partial charge is 0.321 e. The van der Waals surface area contributed by atoms with E-state index in [1.807, 2.05) is 0 Å². The van der Waals surface area contributed by atoms with Crippen LogP contribution in [0.4, 0.5) is 0 Å². The summed E-state index contributed by atoms with van der Waals surface area (Å²) in [6.45, 7) is 3.20. The third-order valence-electron chi connectivity index (χ3n) is 2.08. The fraction of sp³-hybridized carbons (Fsp3) is 1.00. The summed E-state index contributed by atoms with van der Waals surface area (Å²) in [7, 11) is 1.79. The first-order chi connectivity index (χ1) is 7.85. The average Bonchev–Trinajstić information content (AvgIpc) is 2.29. The fourth-order valence-electron chi connectivity index (χ4n) is 1.20. The molecular weight excluding hydrogens is 226 g/mol. The SMILES string of the molecule is COCCO[SiH](CCCCN)OCCOC. The molecule has 0 saturated carbocycles. The van der Waals surface area contributed by atoms with Crippen LogP contribution in [-0.4, -0.2) is 56.5 Å². The Bertz CT molecular complexity index is 116. The molecule has 0 aliphatic carbocycles. The Balaban J connectivity index is 3.58. The molecule has 0 atom stereocenters. The van der Waals surface area contributed by atoms with Gasteiger partial charge in [0.15, 0.2) is 0 Å². The number of unbranched alkanes of at least 4 members (excludes halogenated alkanes) is 1. The minimum atomic E-state index is -1.54. The summed E-state index contributed by atoms with van der Waals surface area (Å²) < 4.78 is 21.2. The molecule has 0 aliphatic rings. The average molecular weight is 251 g/mol. The van der Waals surface area contributed by atoms with Crippen LogP contribution in [0.2, 0.25) is 6.04 Å². The monoisotopic (exact) mass is 251 g/mol. The minimum absolute atomic E-state index is 0.614. The summed E-state index contributed by atoms with van der Waals surface area (Å²) in [5.41, 5.74) is 5.45. The first kappa shape index (κ1) is 16.0. The quantitative estimate of drug-likeness (QED) is 0.398. The summed E-state index contributed by atoms with van der Waals surface area (Å²) in [6, 6.07) is 1.00. The number of nitrogens with two attached hydrogens (primary N) is 1. The van der Waals surface area contributed by atoms with Crippen molar-refractivity contribution in [3.8, 4) is 0 Å². The van der Waals surface area contributed by atoms with Crippen LogP contribution in [0, 0.1) is 0 Å². The maximum absolute atomic E-state index is 5.67. The normalized spacial score (nSPS) is 11.2. The molecule has 0 aromatic heterocycles. The molecule has 0 amide bonds. The van der Waals surface area contributed by atoms with E-state index in [2.05, 4.69) is 0 Å². The number of rotatable bonds is 12. The molecule has 98 valence electrons. The van der Waals surface area contributed by atoms with Crippen molar-refractivity contribution in [3.05, 3.63) is 0 Å². The Morgan fingerprint density at radius 3 is 1.88 bits per heavy atom.